The molecule has 0 aromatic heterocycles. The molecular formula is C30H34BrN3O4. The van der Waals surface area contributed by atoms with Gasteiger partial charge in [-0.05, 0) is 86.7 Å². The molecule has 0 bridgehead atoms. The number of rotatable bonds is 9. The highest BCUT2D eigenvalue weighted by molar-refractivity contribution is 9.10. The predicted molar refractivity (Wildman–Crippen MR) is 155 cm³/mol. The molecule has 200 valence electrons. The highest BCUT2D eigenvalue weighted by Gasteiger charge is 2.24. The number of Topliss-reactive ketones (excluding diaryl/α,β-unsaturated/α-hetero) is 1. The van der Waals surface area contributed by atoms with Crippen LogP contribution in [0.3, 0.4) is 0 Å². The molecule has 0 radical (unpaired) electrons. The number of methoxy groups -OCH3 is 2. The summed E-state index contributed by atoms with van der Waals surface area (Å²) in [4.78, 5) is 28.0. The van der Waals surface area contributed by atoms with Crippen molar-refractivity contribution < 1.29 is 19.1 Å². The van der Waals surface area contributed by atoms with Crippen molar-refractivity contribution in [3.63, 3.8) is 0 Å². The number of para-hydroxylation sites is 1. The maximum Gasteiger partial charge on any atom is 0.243 e. The summed E-state index contributed by atoms with van der Waals surface area (Å²) in [5, 5.41) is 1.87. The number of anilines is 3. The SMILES string of the molecule is COc1ccc(N(NC(=O)Cc2cc(OC)c(C(C)=O)cc2Br)c2c(C)cccc2N2CCCCC2)cc1. The third-order valence-corrected chi connectivity index (χ3v) is 7.54. The molecular weight excluding hydrogens is 546 g/mol. The van der Waals surface area contributed by atoms with Crippen molar-refractivity contribution in [3.05, 3.63) is 75.8 Å². The molecule has 0 spiro atoms. The monoisotopic (exact) mass is 579 g/mol. The lowest BCUT2D eigenvalue weighted by atomic mass is 10.0. The summed E-state index contributed by atoms with van der Waals surface area (Å²) in [5.74, 6) is 0.880. The number of amides is 1. The molecule has 8 heteroatoms. The lowest BCUT2D eigenvalue weighted by Crippen LogP contribution is -2.41. The van der Waals surface area contributed by atoms with Crippen LogP contribution in [0.2, 0.25) is 0 Å². The van der Waals surface area contributed by atoms with Gasteiger partial charge in [0.1, 0.15) is 11.5 Å². The van der Waals surface area contributed by atoms with E-state index in [2.05, 4.69) is 51.4 Å². The smallest absolute Gasteiger partial charge is 0.243 e. The van der Waals surface area contributed by atoms with E-state index in [0.717, 1.165) is 59.9 Å². The Labute approximate surface area is 232 Å². The fourth-order valence-corrected chi connectivity index (χ4v) is 5.30. The third kappa shape index (κ3) is 6.13. The van der Waals surface area contributed by atoms with Gasteiger partial charge < -0.3 is 14.4 Å². The van der Waals surface area contributed by atoms with Crippen LogP contribution in [0.5, 0.6) is 11.5 Å². The Morgan fingerprint density at radius 1 is 1.00 bits per heavy atom. The Hall–Kier alpha value is -3.52. The summed E-state index contributed by atoms with van der Waals surface area (Å²) < 4.78 is 11.5. The van der Waals surface area contributed by atoms with Gasteiger partial charge in [0.25, 0.3) is 0 Å². The average molecular weight is 581 g/mol. The van der Waals surface area contributed by atoms with Crippen molar-refractivity contribution >= 4 is 44.7 Å². The van der Waals surface area contributed by atoms with E-state index in [1.165, 1.54) is 20.5 Å². The first kappa shape index (κ1) is 27.5. The number of hydrogen-bond donors (Lipinski definition) is 1. The number of ketones is 1. The topological polar surface area (TPSA) is 71.1 Å². The highest BCUT2D eigenvalue weighted by atomic mass is 79.9. The first-order valence-corrected chi connectivity index (χ1v) is 13.6. The maximum atomic E-state index is 13.5. The summed E-state index contributed by atoms with van der Waals surface area (Å²) in [6, 6.07) is 17.3. The molecule has 1 heterocycles. The van der Waals surface area contributed by atoms with E-state index in [1.54, 1.807) is 19.2 Å². The van der Waals surface area contributed by atoms with Crippen LogP contribution < -0.4 is 24.8 Å². The molecule has 0 saturated carbocycles. The first-order valence-electron chi connectivity index (χ1n) is 12.8. The Balaban J connectivity index is 1.71. The van der Waals surface area contributed by atoms with E-state index in [0.29, 0.717) is 15.8 Å². The van der Waals surface area contributed by atoms with Crippen molar-refractivity contribution in [2.45, 2.75) is 39.5 Å². The fourth-order valence-electron chi connectivity index (χ4n) is 4.82. The van der Waals surface area contributed by atoms with Crippen LogP contribution in [0.1, 0.15) is 47.7 Å². The van der Waals surface area contributed by atoms with Gasteiger partial charge in [0, 0.05) is 17.6 Å². The summed E-state index contributed by atoms with van der Waals surface area (Å²) in [5.41, 5.74) is 8.25. The van der Waals surface area contributed by atoms with Crippen LogP contribution in [0, 0.1) is 6.92 Å². The van der Waals surface area contributed by atoms with Gasteiger partial charge in [-0.15, -0.1) is 0 Å². The largest absolute Gasteiger partial charge is 0.497 e. The van der Waals surface area contributed by atoms with Gasteiger partial charge >= 0.3 is 0 Å². The minimum atomic E-state index is -0.202. The van der Waals surface area contributed by atoms with Crippen LogP contribution in [-0.4, -0.2) is 39.0 Å². The molecule has 1 aliphatic heterocycles. The number of carbonyl (C=O) groups is 2. The van der Waals surface area contributed by atoms with Gasteiger partial charge in [0.05, 0.1) is 43.3 Å². The van der Waals surface area contributed by atoms with Gasteiger partial charge in [0.2, 0.25) is 5.91 Å². The van der Waals surface area contributed by atoms with Crippen molar-refractivity contribution in [3.8, 4) is 11.5 Å². The number of halogens is 1. The zero-order valence-corrected chi connectivity index (χ0v) is 23.9. The van der Waals surface area contributed by atoms with Gasteiger partial charge in [0.15, 0.2) is 5.78 Å². The van der Waals surface area contributed by atoms with Crippen LogP contribution in [0.4, 0.5) is 17.1 Å². The molecule has 1 amide bonds. The number of piperidine rings is 1. The molecule has 0 aliphatic carbocycles. The van der Waals surface area contributed by atoms with Crippen molar-refractivity contribution in [1.82, 2.24) is 5.43 Å². The molecule has 3 aromatic carbocycles. The van der Waals surface area contributed by atoms with Crippen LogP contribution >= 0.6 is 15.9 Å². The Morgan fingerprint density at radius 2 is 1.71 bits per heavy atom. The van der Waals surface area contributed by atoms with Crippen LogP contribution in [0.25, 0.3) is 0 Å². The van der Waals surface area contributed by atoms with Crippen molar-refractivity contribution in [2.24, 2.45) is 0 Å². The molecule has 0 unspecified atom stereocenters. The van der Waals surface area contributed by atoms with E-state index in [1.807, 2.05) is 29.3 Å². The lowest BCUT2D eigenvalue weighted by molar-refractivity contribution is -0.120. The number of carbonyl (C=O) groups excluding carboxylic acids is 2. The second-order valence-electron chi connectivity index (χ2n) is 9.44. The number of hydrogen-bond acceptors (Lipinski definition) is 6. The highest BCUT2D eigenvalue weighted by Crippen LogP contribution is 2.38. The number of ether oxygens (including phenoxy) is 2. The molecule has 4 rings (SSSR count). The van der Waals surface area contributed by atoms with Gasteiger partial charge in [-0.1, -0.05) is 28.1 Å². The average Bonchev–Trinajstić information content (AvgIpc) is 2.93. The van der Waals surface area contributed by atoms with Gasteiger partial charge in [-0.2, -0.15) is 0 Å². The zero-order chi connectivity index (χ0) is 27.2. The standard InChI is InChI=1S/C30H34BrN3O4/c1-20-9-8-10-27(33-15-6-5-7-16-33)30(20)34(23-11-13-24(37-3)14-12-23)32-29(36)18-22-17-28(38-4)25(21(2)35)19-26(22)31/h8-14,17,19H,5-7,15-16,18H2,1-4H3,(H,32,36). The van der Waals surface area contributed by atoms with E-state index < -0.39 is 0 Å². The minimum Gasteiger partial charge on any atom is -0.497 e. The Bertz CT molecular complexity index is 1300. The molecule has 7 nitrogen and oxygen atoms in total. The van der Waals surface area contributed by atoms with Gasteiger partial charge in [-0.25, -0.2) is 0 Å². The predicted octanol–water partition coefficient (Wildman–Crippen LogP) is 6.38. The van der Waals surface area contributed by atoms with E-state index >= 15 is 0 Å². The normalized spacial score (nSPS) is 13.1. The molecule has 1 fully saturated rings. The Morgan fingerprint density at radius 3 is 2.34 bits per heavy atom. The number of nitrogens with zero attached hydrogens (tertiary/aromatic N) is 2. The van der Waals surface area contributed by atoms with Crippen molar-refractivity contribution in [1.29, 1.82) is 0 Å². The van der Waals surface area contributed by atoms with E-state index in [-0.39, 0.29) is 18.1 Å². The first-order chi connectivity index (χ1) is 18.3. The van der Waals surface area contributed by atoms with E-state index in [9.17, 15) is 9.59 Å². The van der Waals surface area contributed by atoms with Crippen LogP contribution in [0.15, 0.2) is 59.1 Å². The number of nitrogens with one attached hydrogen (secondary N) is 1. The van der Waals surface area contributed by atoms with Gasteiger partial charge in [-0.3, -0.25) is 20.0 Å². The number of benzene rings is 3. The quantitative estimate of drug-likeness (QED) is 0.234. The molecule has 0 atom stereocenters. The van der Waals surface area contributed by atoms with Crippen molar-refractivity contribution in [2.75, 3.05) is 37.2 Å². The summed E-state index contributed by atoms with van der Waals surface area (Å²) in [7, 11) is 3.15. The summed E-state index contributed by atoms with van der Waals surface area (Å²) >= 11 is 3.53. The minimum absolute atomic E-state index is 0.0900. The van der Waals surface area contributed by atoms with E-state index in [4.69, 9.17) is 9.47 Å². The Kier molecular flexibility index (Phi) is 8.94. The zero-order valence-electron chi connectivity index (χ0n) is 22.3. The third-order valence-electron chi connectivity index (χ3n) is 6.80. The molecule has 1 N–H and O–H groups in total. The lowest BCUT2D eigenvalue weighted by Gasteiger charge is -2.35. The summed E-state index contributed by atoms with van der Waals surface area (Å²) in [6.45, 7) is 5.52. The number of hydrazine groups is 1. The van der Waals surface area contributed by atoms with Crippen LogP contribution in [-0.2, 0) is 11.2 Å². The maximum absolute atomic E-state index is 13.5. The molecule has 3 aromatic rings. The second kappa shape index (κ2) is 12.3. The fraction of sp³-hybridized carbons (Fsp3) is 0.333. The summed E-state index contributed by atoms with van der Waals surface area (Å²) in [6.07, 6.45) is 3.62. The number of aryl methyl sites for hydroxylation is 1. The molecule has 38 heavy (non-hydrogen) atoms. The molecule has 1 saturated heterocycles. The second-order valence-corrected chi connectivity index (χ2v) is 10.3. The molecule has 1 aliphatic rings.